The van der Waals surface area contributed by atoms with E-state index in [2.05, 4.69) is 20.3 Å². The summed E-state index contributed by atoms with van der Waals surface area (Å²) >= 11 is 0. The van der Waals surface area contributed by atoms with E-state index in [4.69, 9.17) is 5.26 Å². The average molecular weight is 240 g/mol. The summed E-state index contributed by atoms with van der Waals surface area (Å²) in [6, 6.07) is 7.59. The van der Waals surface area contributed by atoms with E-state index in [-0.39, 0.29) is 6.54 Å². The number of anilines is 3. The number of aromatic nitrogens is 3. The average Bonchev–Trinajstić information content (AvgIpc) is 2.45. The summed E-state index contributed by atoms with van der Waals surface area (Å²) in [5.41, 5.74) is 0.933. The van der Waals surface area contributed by atoms with Gasteiger partial charge in [0.2, 0.25) is 0 Å². The largest absolute Gasteiger partial charge is 0.357 e. The van der Waals surface area contributed by atoms with Crippen molar-refractivity contribution < 1.29 is 0 Å². The molecule has 2 rings (SSSR count). The third-order valence-electron chi connectivity index (χ3n) is 2.38. The summed E-state index contributed by atoms with van der Waals surface area (Å²) in [5.74, 6) is 1.36. The predicted octanol–water partition coefficient (Wildman–Crippen LogP) is 1.57. The van der Waals surface area contributed by atoms with Gasteiger partial charge in [-0.25, -0.2) is 9.97 Å². The lowest BCUT2D eigenvalue weighted by Crippen LogP contribution is -2.12. The van der Waals surface area contributed by atoms with E-state index in [9.17, 15) is 0 Å². The van der Waals surface area contributed by atoms with E-state index in [1.807, 2.05) is 30.1 Å². The first-order chi connectivity index (χ1) is 8.81. The Morgan fingerprint density at radius 3 is 3.06 bits per heavy atom. The molecule has 1 N–H and O–H groups in total. The highest BCUT2D eigenvalue weighted by Gasteiger charge is 2.06. The molecule has 90 valence electrons. The molecule has 0 saturated carbocycles. The molecular formula is C12H12N6. The maximum Gasteiger partial charge on any atom is 0.138 e. The highest BCUT2D eigenvalue weighted by atomic mass is 15.2. The van der Waals surface area contributed by atoms with Crippen molar-refractivity contribution in [2.75, 3.05) is 23.8 Å². The van der Waals surface area contributed by atoms with Crippen LogP contribution in [0.3, 0.4) is 0 Å². The van der Waals surface area contributed by atoms with Crippen LogP contribution in [-0.4, -0.2) is 28.5 Å². The Kier molecular flexibility index (Phi) is 3.66. The minimum atomic E-state index is 0.215. The Balaban J connectivity index is 2.21. The van der Waals surface area contributed by atoms with Crippen molar-refractivity contribution in [2.24, 2.45) is 0 Å². The number of pyridine rings is 1. The van der Waals surface area contributed by atoms with Gasteiger partial charge in [0.25, 0.3) is 0 Å². The van der Waals surface area contributed by atoms with Crippen molar-refractivity contribution in [1.82, 2.24) is 15.0 Å². The molecule has 0 saturated heterocycles. The van der Waals surface area contributed by atoms with Gasteiger partial charge in [0.05, 0.1) is 18.0 Å². The Morgan fingerprint density at radius 2 is 2.33 bits per heavy atom. The number of nitrogens with one attached hydrogen (secondary N) is 1. The van der Waals surface area contributed by atoms with Crippen LogP contribution in [0, 0.1) is 11.3 Å². The van der Waals surface area contributed by atoms with Crippen LogP contribution < -0.4 is 10.2 Å². The van der Waals surface area contributed by atoms with E-state index in [0.29, 0.717) is 5.82 Å². The summed E-state index contributed by atoms with van der Waals surface area (Å²) < 4.78 is 0. The lowest BCUT2D eigenvalue weighted by atomic mass is 10.3. The maximum absolute atomic E-state index is 8.51. The predicted molar refractivity (Wildman–Crippen MR) is 68.4 cm³/mol. The van der Waals surface area contributed by atoms with Gasteiger partial charge < -0.3 is 10.2 Å². The van der Waals surface area contributed by atoms with Gasteiger partial charge in [-0.1, -0.05) is 0 Å². The van der Waals surface area contributed by atoms with E-state index >= 15 is 0 Å². The highest BCUT2D eigenvalue weighted by molar-refractivity contribution is 5.60. The standard InChI is InChI=1S/C12H12N6/c1-18(10-3-2-5-14-8-10)12-7-11(15-6-4-13)16-9-17-12/h2-3,5,7-9H,6H2,1H3,(H,15,16,17). The topological polar surface area (TPSA) is 77.7 Å². The zero-order chi connectivity index (χ0) is 12.8. The molecule has 0 aromatic carbocycles. The molecule has 0 aliphatic carbocycles. The van der Waals surface area contributed by atoms with Crippen LogP contribution in [0.25, 0.3) is 0 Å². The molecule has 2 heterocycles. The molecule has 2 aromatic rings. The smallest absolute Gasteiger partial charge is 0.138 e. The van der Waals surface area contributed by atoms with Crippen molar-refractivity contribution in [1.29, 1.82) is 5.26 Å². The van der Waals surface area contributed by atoms with Crippen molar-refractivity contribution in [3.8, 4) is 6.07 Å². The van der Waals surface area contributed by atoms with Gasteiger partial charge in [0.15, 0.2) is 0 Å². The molecule has 18 heavy (non-hydrogen) atoms. The van der Waals surface area contributed by atoms with Crippen molar-refractivity contribution in [2.45, 2.75) is 0 Å². The fourth-order valence-corrected chi connectivity index (χ4v) is 1.44. The summed E-state index contributed by atoms with van der Waals surface area (Å²) in [5, 5.41) is 11.4. The molecule has 6 heteroatoms. The number of hydrogen-bond acceptors (Lipinski definition) is 6. The van der Waals surface area contributed by atoms with Crippen LogP contribution in [0.15, 0.2) is 36.9 Å². The first-order valence-electron chi connectivity index (χ1n) is 5.38. The Bertz CT molecular complexity index is 548. The van der Waals surface area contributed by atoms with Crippen LogP contribution in [0.5, 0.6) is 0 Å². The molecule has 2 aromatic heterocycles. The molecule has 0 aliphatic heterocycles. The van der Waals surface area contributed by atoms with Crippen molar-refractivity contribution in [3.63, 3.8) is 0 Å². The Labute approximate surface area is 105 Å². The summed E-state index contributed by atoms with van der Waals surface area (Å²) in [4.78, 5) is 14.2. The highest BCUT2D eigenvalue weighted by Crippen LogP contribution is 2.21. The van der Waals surface area contributed by atoms with Gasteiger partial charge in [-0.3, -0.25) is 4.98 Å². The van der Waals surface area contributed by atoms with Gasteiger partial charge in [0, 0.05) is 19.3 Å². The molecule has 0 unspecified atom stereocenters. The van der Waals surface area contributed by atoms with Crippen LogP contribution in [-0.2, 0) is 0 Å². The molecule has 0 amide bonds. The van der Waals surface area contributed by atoms with E-state index in [0.717, 1.165) is 11.5 Å². The molecule has 0 spiro atoms. The lowest BCUT2D eigenvalue weighted by molar-refractivity contribution is 1.06. The third kappa shape index (κ3) is 2.71. The fourth-order valence-electron chi connectivity index (χ4n) is 1.44. The molecule has 6 nitrogen and oxygen atoms in total. The Hall–Kier alpha value is -2.68. The van der Waals surface area contributed by atoms with Gasteiger partial charge >= 0.3 is 0 Å². The van der Waals surface area contributed by atoms with E-state index in [1.165, 1.54) is 6.33 Å². The normalized spacial score (nSPS) is 9.56. The zero-order valence-corrected chi connectivity index (χ0v) is 9.91. The molecule has 0 atom stereocenters. The number of hydrogen-bond donors (Lipinski definition) is 1. The van der Waals surface area contributed by atoms with E-state index in [1.54, 1.807) is 18.5 Å². The first kappa shape index (κ1) is 11.8. The van der Waals surface area contributed by atoms with Crippen LogP contribution in [0.2, 0.25) is 0 Å². The quantitative estimate of drug-likeness (QED) is 0.817. The summed E-state index contributed by atoms with van der Waals surface area (Å²) in [7, 11) is 1.90. The number of nitrogens with zero attached hydrogens (tertiary/aromatic N) is 5. The minimum Gasteiger partial charge on any atom is -0.357 e. The first-order valence-corrected chi connectivity index (χ1v) is 5.38. The maximum atomic E-state index is 8.51. The van der Waals surface area contributed by atoms with Gasteiger partial charge in [-0.15, -0.1) is 0 Å². The molecule has 0 bridgehead atoms. The second-order valence-electron chi connectivity index (χ2n) is 3.54. The number of rotatable bonds is 4. The summed E-state index contributed by atoms with van der Waals surface area (Å²) in [6.07, 6.45) is 4.93. The van der Waals surface area contributed by atoms with Crippen molar-refractivity contribution in [3.05, 3.63) is 36.9 Å². The van der Waals surface area contributed by atoms with Crippen LogP contribution >= 0.6 is 0 Å². The van der Waals surface area contributed by atoms with Crippen LogP contribution in [0.1, 0.15) is 0 Å². The second-order valence-corrected chi connectivity index (χ2v) is 3.54. The molecule has 0 aliphatic rings. The van der Waals surface area contributed by atoms with E-state index < -0.39 is 0 Å². The van der Waals surface area contributed by atoms with Gasteiger partial charge in [-0.2, -0.15) is 5.26 Å². The summed E-state index contributed by atoms with van der Waals surface area (Å²) in [6.45, 7) is 0.215. The Morgan fingerprint density at radius 1 is 1.44 bits per heavy atom. The molecular weight excluding hydrogens is 228 g/mol. The zero-order valence-electron chi connectivity index (χ0n) is 9.91. The fraction of sp³-hybridized carbons (Fsp3) is 0.167. The molecule has 0 fully saturated rings. The van der Waals surface area contributed by atoms with Gasteiger partial charge in [-0.05, 0) is 12.1 Å². The lowest BCUT2D eigenvalue weighted by Gasteiger charge is -2.17. The van der Waals surface area contributed by atoms with Crippen LogP contribution in [0.4, 0.5) is 17.3 Å². The monoisotopic (exact) mass is 240 g/mol. The molecule has 0 radical (unpaired) electrons. The number of nitriles is 1. The third-order valence-corrected chi connectivity index (χ3v) is 2.38. The second kappa shape index (κ2) is 5.59. The van der Waals surface area contributed by atoms with Crippen molar-refractivity contribution >= 4 is 17.3 Å². The SMILES string of the molecule is CN(c1cccnc1)c1cc(NCC#N)ncn1. The minimum absolute atomic E-state index is 0.215. The van der Waals surface area contributed by atoms with Gasteiger partial charge in [0.1, 0.15) is 24.5 Å².